The molecule has 2 N–H and O–H groups in total. The number of hydrogen-bond acceptors (Lipinski definition) is 3. The van der Waals surface area contributed by atoms with E-state index >= 15 is 0 Å². The van der Waals surface area contributed by atoms with Gasteiger partial charge in [0.2, 0.25) is 0 Å². The molecule has 1 aliphatic carbocycles. The van der Waals surface area contributed by atoms with E-state index in [1.807, 2.05) is 13.8 Å². The van der Waals surface area contributed by atoms with E-state index in [0.717, 1.165) is 12.8 Å². The largest absolute Gasteiger partial charge is 0.326 e. The van der Waals surface area contributed by atoms with Gasteiger partial charge in [-0.25, -0.2) is 8.42 Å². The first-order valence-electron chi connectivity index (χ1n) is 6.61. The standard InChI is InChI=1S/C14H19Cl2NO2S/c1-14(2)7-3-4-12(13(14)17)20(18,19)9-5-6-10(15)11(16)8-9/h5-6,8,12-13H,3-4,7,17H2,1-2H3. The Balaban J connectivity index is 2.41. The molecule has 1 aliphatic rings. The Labute approximate surface area is 130 Å². The molecule has 6 heteroatoms. The Morgan fingerprint density at radius 1 is 1.25 bits per heavy atom. The van der Waals surface area contributed by atoms with E-state index in [4.69, 9.17) is 28.9 Å². The summed E-state index contributed by atoms with van der Waals surface area (Å²) in [6.45, 7) is 4.04. The average molecular weight is 336 g/mol. The van der Waals surface area contributed by atoms with Gasteiger partial charge in [0.1, 0.15) is 0 Å². The van der Waals surface area contributed by atoms with Crippen LogP contribution >= 0.6 is 23.2 Å². The Morgan fingerprint density at radius 2 is 1.90 bits per heavy atom. The third-order valence-corrected chi connectivity index (χ3v) is 7.21. The normalized spacial score (nSPS) is 26.4. The summed E-state index contributed by atoms with van der Waals surface area (Å²) in [6, 6.07) is 4.04. The quantitative estimate of drug-likeness (QED) is 0.896. The van der Waals surface area contributed by atoms with E-state index in [1.165, 1.54) is 18.2 Å². The number of rotatable bonds is 2. The molecule has 3 nitrogen and oxygen atoms in total. The lowest BCUT2D eigenvalue weighted by Gasteiger charge is -2.41. The molecule has 0 aliphatic heterocycles. The fourth-order valence-corrected chi connectivity index (χ4v) is 5.27. The van der Waals surface area contributed by atoms with Crippen molar-refractivity contribution < 1.29 is 8.42 Å². The van der Waals surface area contributed by atoms with Crippen LogP contribution in [0.1, 0.15) is 33.1 Å². The molecule has 1 aromatic carbocycles. The summed E-state index contributed by atoms with van der Waals surface area (Å²) in [6.07, 6.45) is 2.40. The maximum absolute atomic E-state index is 12.8. The van der Waals surface area contributed by atoms with Crippen LogP contribution in [0.5, 0.6) is 0 Å². The molecule has 0 bridgehead atoms. The van der Waals surface area contributed by atoms with Gasteiger partial charge >= 0.3 is 0 Å². The molecule has 2 atom stereocenters. The van der Waals surface area contributed by atoms with Crippen LogP contribution < -0.4 is 5.73 Å². The van der Waals surface area contributed by atoms with Crippen LogP contribution in [0, 0.1) is 5.41 Å². The lowest BCUT2D eigenvalue weighted by molar-refractivity contribution is 0.204. The van der Waals surface area contributed by atoms with Crippen molar-refractivity contribution >= 4 is 33.0 Å². The van der Waals surface area contributed by atoms with Gasteiger partial charge in [-0.1, -0.05) is 43.5 Å². The summed E-state index contributed by atoms with van der Waals surface area (Å²) in [5, 5.41) is 0.0266. The molecule has 1 aromatic rings. The minimum absolute atomic E-state index is 0.174. The van der Waals surface area contributed by atoms with E-state index in [9.17, 15) is 8.42 Å². The molecule has 0 spiro atoms. The third kappa shape index (κ3) is 2.84. The lowest BCUT2D eigenvalue weighted by atomic mass is 9.73. The van der Waals surface area contributed by atoms with Gasteiger partial charge in [-0.3, -0.25) is 0 Å². The van der Waals surface area contributed by atoms with Gasteiger partial charge in [0.15, 0.2) is 9.84 Å². The second-order valence-electron chi connectivity index (χ2n) is 6.07. The van der Waals surface area contributed by atoms with Crippen molar-refractivity contribution in [2.24, 2.45) is 11.1 Å². The first-order valence-corrected chi connectivity index (χ1v) is 8.91. The van der Waals surface area contributed by atoms with Crippen LogP contribution in [-0.2, 0) is 9.84 Å². The number of halogens is 2. The van der Waals surface area contributed by atoms with E-state index in [1.54, 1.807) is 0 Å². The summed E-state index contributed by atoms with van der Waals surface area (Å²) in [7, 11) is -3.49. The fourth-order valence-electron chi connectivity index (χ4n) is 2.79. The monoisotopic (exact) mass is 335 g/mol. The second kappa shape index (κ2) is 5.48. The summed E-state index contributed by atoms with van der Waals surface area (Å²) >= 11 is 11.8. The number of benzene rings is 1. The molecular formula is C14H19Cl2NO2S. The number of sulfone groups is 1. The van der Waals surface area contributed by atoms with Gasteiger partial charge in [0, 0.05) is 6.04 Å². The Morgan fingerprint density at radius 3 is 2.50 bits per heavy atom. The van der Waals surface area contributed by atoms with Crippen molar-refractivity contribution in [3.05, 3.63) is 28.2 Å². The van der Waals surface area contributed by atoms with Crippen LogP contribution in [0.3, 0.4) is 0 Å². The SMILES string of the molecule is CC1(C)CCCC(S(=O)(=O)c2ccc(Cl)c(Cl)c2)C1N. The minimum atomic E-state index is -3.49. The molecule has 0 saturated heterocycles. The predicted molar refractivity (Wildman–Crippen MR) is 83.0 cm³/mol. The molecule has 0 radical (unpaired) electrons. The van der Waals surface area contributed by atoms with Crippen LogP contribution in [0.25, 0.3) is 0 Å². The molecule has 112 valence electrons. The molecule has 0 heterocycles. The first kappa shape index (κ1) is 16.1. The Kier molecular flexibility index (Phi) is 4.41. The van der Waals surface area contributed by atoms with Crippen molar-refractivity contribution in [2.45, 2.75) is 49.3 Å². The predicted octanol–water partition coefficient (Wildman–Crippen LogP) is 3.67. The zero-order valence-corrected chi connectivity index (χ0v) is 13.9. The van der Waals surface area contributed by atoms with Crippen molar-refractivity contribution in [1.29, 1.82) is 0 Å². The van der Waals surface area contributed by atoms with Crippen LogP contribution in [-0.4, -0.2) is 19.7 Å². The summed E-state index contributed by atoms with van der Waals surface area (Å²) in [5.74, 6) is 0. The van der Waals surface area contributed by atoms with Gasteiger partial charge in [-0.2, -0.15) is 0 Å². The van der Waals surface area contributed by atoms with Gasteiger partial charge in [-0.05, 0) is 36.5 Å². The maximum Gasteiger partial charge on any atom is 0.182 e. The summed E-state index contributed by atoms with van der Waals surface area (Å²) < 4.78 is 25.5. The second-order valence-corrected chi connectivity index (χ2v) is 9.05. The molecular weight excluding hydrogens is 317 g/mol. The zero-order chi connectivity index (χ0) is 15.1. The summed E-state index contributed by atoms with van der Waals surface area (Å²) in [4.78, 5) is 0.199. The van der Waals surface area contributed by atoms with Gasteiger partial charge in [0.25, 0.3) is 0 Å². The molecule has 2 rings (SSSR count). The highest BCUT2D eigenvalue weighted by molar-refractivity contribution is 7.92. The van der Waals surface area contributed by atoms with E-state index in [-0.39, 0.29) is 21.4 Å². The Hall–Kier alpha value is -0.290. The molecule has 0 amide bonds. The van der Waals surface area contributed by atoms with E-state index in [0.29, 0.717) is 11.4 Å². The number of nitrogens with two attached hydrogens (primary N) is 1. The zero-order valence-electron chi connectivity index (χ0n) is 11.6. The van der Waals surface area contributed by atoms with Crippen LogP contribution in [0.15, 0.2) is 23.1 Å². The molecule has 1 saturated carbocycles. The molecule has 2 unspecified atom stereocenters. The lowest BCUT2D eigenvalue weighted by Crippen LogP contribution is -2.52. The minimum Gasteiger partial charge on any atom is -0.326 e. The average Bonchev–Trinajstić information content (AvgIpc) is 2.35. The fraction of sp³-hybridized carbons (Fsp3) is 0.571. The molecule has 20 heavy (non-hydrogen) atoms. The van der Waals surface area contributed by atoms with Crippen LogP contribution in [0.4, 0.5) is 0 Å². The first-order chi connectivity index (χ1) is 9.16. The van der Waals surface area contributed by atoms with Gasteiger partial charge in [-0.15, -0.1) is 0 Å². The van der Waals surface area contributed by atoms with Crippen molar-refractivity contribution in [2.75, 3.05) is 0 Å². The summed E-state index contributed by atoms with van der Waals surface area (Å²) in [5.41, 5.74) is 6.04. The van der Waals surface area contributed by atoms with Crippen LogP contribution in [0.2, 0.25) is 10.0 Å². The highest BCUT2D eigenvalue weighted by Gasteiger charge is 2.43. The third-order valence-electron chi connectivity index (χ3n) is 4.23. The highest BCUT2D eigenvalue weighted by Crippen LogP contribution is 2.39. The Bertz CT molecular complexity index is 614. The van der Waals surface area contributed by atoms with Gasteiger partial charge in [0.05, 0.1) is 20.2 Å². The topological polar surface area (TPSA) is 60.2 Å². The highest BCUT2D eigenvalue weighted by atomic mass is 35.5. The van der Waals surface area contributed by atoms with Crippen molar-refractivity contribution in [3.8, 4) is 0 Å². The van der Waals surface area contributed by atoms with Gasteiger partial charge < -0.3 is 5.73 Å². The van der Waals surface area contributed by atoms with E-state index < -0.39 is 15.1 Å². The van der Waals surface area contributed by atoms with Crippen molar-refractivity contribution in [1.82, 2.24) is 0 Å². The maximum atomic E-state index is 12.8. The number of hydrogen-bond donors (Lipinski definition) is 1. The molecule has 1 fully saturated rings. The van der Waals surface area contributed by atoms with Crippen molar-refractivity contribution in [3.63, 3.8) is 0 Å². The molecule has 0 aromatic heterocycles. The van der Waals surface area contributed by atoms with E-state index in [2.05, 4.69) is 0 Å². The smallest absolute Gasteiger partial charge is 0.182 e.